The van der Waals surface area contributed by atoms with E-state index in [0.717, 1.165) is 16.3 Å². The van der Waals surface area contributed by atoms with Crippen LogP contribution in [0.1, 0.15) is 12.0 Å². The molecule has 3 heteroatoms. The molecule has 0 fully saturated rings. The monoisotopic (exact) mass is 239 g/mol. The van der Waals surface area contributed by atoms with Gasteiger partial charge < -0.3 is 5.11 Å². The highest BCUT2D eigenvalue weighted by atomic mass is 16.4. The Morgan fingerprint density at radius 3 is 2.67 bits per heavy atom. The standard InChI is InChI=1S/C15H13NO2/c16-9-8-13(15(17)18)10-12-6-3-5-11-4-1-2-7-14(11)12/h1-7,13H,8,10H2,(H,17,18)/t13-/m1/s1. The van der Waals surface area contributed by atoms with Crippen LogP contribution in [0.25, 0.3) is 10.8 Å². The molecule has 2 aromatic carbocycles. The van der Waals surface area contributed by atoms with Gasteiger partial charge in [-0.3, -0.25) is 4.79 Å². The van der Waals surface area contributed by atoms with Crippen LogP contribution in [0, 0.1) is 17.2 Å². The van der Waals surface area contributed by atoms with Gasteiger partial charge in [-0.15, -0.1) is 0 Å². The topological polar surface area (TPSA) is 61.1 Å². The average Bonchev–Trinajstić information content (AvgIpc) is 2.38. The SMILES string of the molecule is N#CC[C@H](Cc1cccc2ccccc12)C(=O)O. The Kier molecular flexibility index (Phi) is 3.59. The maximum Gasteiger partial charge on any atom is 0.307 e. The Morgan fingerprint density at radius 1 is 1.22 bits per heavy atom. The van der Waals surface area contributed by atoms with Crippen LogP contribution in [0.4, 0.5) is 0 Å². The first kappa shape index (κ1) is 12.1. The molecule has 1 N–H and O–H groups in total. The molecule has 1 atom stereocenters. The second-order valence-corrected chi connectivity index (χ2v) is 4.24. The van der Waals surface area contributed by atoms with Crippen LogP contribution in [0.2, 0.25) is 0 Å². The van der Waals surface area contributed by atoms with Crippen LogP contribution < -0.4 is 0 Å². The van der Waals surface area contributed by atoms with Gasteiger partial charge in [-0.2, -0.15) is 5.26 Å². The van der Waals surface area contributed by atoms with Crippen molar-refractivity contribution in [3.05, 3.63) is 48.0 Å². The van der Waals surface area contributed by atoms with E-state index in [9.17, 15) is 4.79 Å². The first-order chi connectivity index (χ1) is 8.72. The van der Waals surface area contributed by atoms with Crippen LogP contribution in [0.3, 0.4) is 0 Å². The Bertz CT molecular complexity index is 608. The highest BCUT2D eigenvalue weighted by Crippen LogP contribution is 2.22. The summed E-state index contributed by atoms with van der Waals surface area (Å²) in [6.45, 7) is 0. The van der Waals surface area contributed by atoms with Crippen molar-refractivity contribution in [3.8, 4) is 6.07 Å². The largest absolute Gasteiger partial charge is 0.481 e. The van der Waals surface area contributed by atoms with Crippen molar-refractivity contribution in [2.45, 2.75) is 12.8 Å². The van der Waals surface area contributed by atoms with Crippen LogP contribution in [-0.4, -0.2) is 11.1 Å². The molecule has 3 nitrogen and oxygen atoms in total. The van der Waals surface area contributed by atoms with Crippen LogP contribution in [0.5, 0.6) is 0 Å². The second-order valence-electron chi connectivity index (χ2n) is 4.24. The van der Waals surface area contributed by atoms with E-state index in [-0.39, 0.29) is 6.42 Å². The minimum atomic E-state index is -0.913. The predicted octanol–water partition coefficient (Wildman–Crippen LogP) is 3.00. The number of hydrogen-bond acceptors (Lipinski definition) is 2. The first-order valence-electron chi connectivity index (χ1n) is 5.78. The summed E-state index contributed by atoms with van der Waals surface area (Å²) in [5, 5.41) is 19.9. The zero-order valence-corrected chi connectivity index (χ0v) is 9.84. The van der Waals surface area contributed by atoms with E-state index >= 15 is 0 Å². The molecule has 0 saturated heterocycles. The lowest BCUT2D eigenvalue weighted by molar-refractivity contribution is -0.141. The number of benzene rings is 2. The van der Waals surface area contributed by atoms with Crippen molar-refractivity contribution < 1.29 is 9.90 Å². The number of carboxylic acids is 1. The number of nitrogens with zero attached hydrogens (tertiary/aromatic N) is 1. The third kappa shape index (κ3) is 2.49. The van der Waals surface area contributed by atoms with E-state index in [4.69, 9.17) is 10.4 Å². The quantitative estimate of drug-likeness (QED) is 0.892. The fourth-order valence-electron chi connectivity index (χ4n) is 2.09. The van der Waals surface area contributed by atoms with E-state index in [1.54, 1.807) is 0 Å². The summed E-state index contributed by atoms with van der Waals surface area (Å²) in [7, 11) is 0. The van der Waals surface area contributed by atoms with Gasteiger partial charge in [0.15, 0.2) is 0 Å². The van der Waals surface area contributed by atoms with E-state index < -0.39 is 11.9 Å². The van der Waals surface area contributed by atoms with Gasteiger partial charge in [0.2, 0.25) is 0 Å². The lowest BCUT2D eigenvalue weighted by Gasteiger charge is -2.11. The Hall–Kier alpha value is -2.34. The zero-order chi connectivity index (χ0) is 13.0. The van der Waals surface area contributed by atoms with Crippen molar-refractivity contribution in [2.24, 2.45) is 5.92 Å². The summed E-state index contributed by atoms with van der Waals surface area (Å²) in [4.78, 5) is 11.1. The number of rotatable bonds is 4. The van der Waals surface area contributed by atoms with Gasteiger partial charge in [-0.05, 0) is 22.8 Å². The molecule has 0 bridgehead atoms. The summed E-state index contributed by atoms with van der Waals surface area (Å²) in [6, 6.07) is 15.7. The summed E-state index contributed by atoms with van der Waals surface area (Å²) in [5.74, 6) is -1.55. The number of fused-ring (bicyclic) bond motifs is 1. The lowest BCUT2D eigenvalue weighted by atomic mass is 9.93. The predicted molar refractivity (Wildman–Crippen MR) is 69.0 cm³/mol. The van der Waals surface area contributed by atoms with Gasteiger partial charge >= 0.3 is 5.97 Å². The van der Waals surface area contributed by atoms with Gasteiger partial charge in [0.1, 0.15) is 0 Å². The minimum Gasteiger partial charge on any atom is -0.481 e. The molecule has 0 heterocycles. The van der Waals surface area contributed by atoms with Crippen molar-refractivity contribution in [3.63, 3.8) is 0 Å². The minimum absolute atomic E-state index is 0.0402. The van der Waals surface area contributed by atoms with Gasteiger partial charge in [-0.25, -0.2) is 0 Å². The van der Waals surface area contributed by atoms with Crippen molar-refractivity contribution in [1.29, 1.82) is 5.26 Å². The number of nitriles is 1. The molecular weight excluding hydrogens is 226 g/mol. The molecule has 0 amide bonds. The van der Waals surface area contributed by atoms with Crippen LogP contribution in [-0.2, 0) is 11.2 Å². The third-order valence-electron chi connectivity index (χ3n) is 3.03. The molecule has 0 unspecified atom stereocenters. The molecule has 0 aliphatic carbocycles. The molecule has 0 aliphatic heterocycles. The second kappa shape index (κ2) is 5.33. The molecular formula is C15H13NO2. The number of aliphatic carboxylic acids is 1. The zero-order valence-electron chi connectivity index (χ0n) is 9.84. The Balaban J connectivity index is 2.36. The van der Waals surface area contributed by atoms with E-state index in [1.807, 2.05) is 48.5 Å². The van der Waals surface area contributed by atoms with Gasteiger partial charge in [-0.1, -0.05) is 42.5 Å². The molecule has 0 aromatic heterocycles. The van der Waals surface area contributed by atoms with E-state index in [1.165, 1.54) is 0 Å². The summed E-state index contributed by atoms with van der Waals surface area (Å²) in [5.41, 5.74) is 0.982. The number of carbonyl (C=O) groups is 1. The normalized spacial score (nSPS) is 11.9. The molecule has 0 saturated carbocycles. The number of carboxylic acid groups (broad SMARTS) is 1. The molecule has 2 rings (SSSR count). The van der Waals surface area contributed by atoms with E-state index in [0.29, 0.717) is 6.42 Å². The summed E-state index contributed by atoms with van der Waals surface area (Å²) >= 11 is 0. The highest BCUT2D eigenvalue weighted by molar-refractivity contribution is 5.86. The highest BCUT2D eigenvalue weighted by Gasteiger charge is 2.18. The maximum absolute atomic E-state index is 11.1. The van der Waals surface area contributed by atoms with Crippen LogP contribution >= 0.6 is 0 Å². The lowest BCUT2D eigenvalue weighted by Crippen LogP contribution is -2.16. The fourth-order valence-corrected chi connectivity index (χ4v) is 2.09. The average molecular weight is 239 g/mol. The van der Waals surface area contributed by atoms with Gasteiger partial charge in [0.25, 0.3) is 0 Å². The van der Waals surface area contributed by atoms with E-state index in [2.05, 4.69) is 0 Å². The van der Waals surface area contributed by atoms with Crippen molar-refractivity contribution in [2.75, 3.05) is 0 Å². The molecule has 0 spiro atoms. The maximum atomic E-state index is 11.1. The van der Waals surface area contributed by atoms with Gasteiger partial charge in [0, 0.05) is 6.42 Å². The number of hydrogen-bond donors (Lipinski definition) is 1. The van der Waals surface area contributed by atoms with Crippen molar-refractivity contribution >= 4 is 16.7 Å². The summed E-state index contributed by atoms with van der Waals surface area (Å²) in [6.07, 6.45) is 0.433. The molecule has 90 valence electrons. The van der Waals surface area contributed by atoms with Crippen LogP contribution in [0.15, 0.2) is 42.5 Å². The summed E-state index contributed by atoms with van der Waals surface area (Å²) < 4.78 is 0. The molecule has 18 heavy (non-hydrogen) atoms. The molecule has 2 aromatic rings. The molecule has 0 aliphatic rings. The van der Waals surface area contributed by atoms with Gasteiger partial charge in [0.05, 0.1) is 12.0 Å². The Labute approximate surface area is 105 Å². The third-order valence-corrected chi connectivity index (χ3v) is 3.03. The first-order valence-corrected chi connectivity index (χ1v) is 5.78. The Morgan fingerprint density at radius 2 is 1.94 bits per heavy atom. The van der Waals surface area contributed by atoms with Crippen molar-refractivity contribution in [1.82, 2.24) is 0 Å². The fraction of sp³-hybridized carbons (Fsp3) is 0.200. The molecule has 0 radical (unpaired) electrons. The smallest absolute Gasteiger partial charge is 0.307 e.